The first kappa shape index (κ1) is 76.0. The number of aliphatic hydroxyl groups is 3. The van der Waals surface area contributed by atoms with E-state index in [1.165, 1.54) is 21.0 Å². The van der Waals surface area contributed by atoms with E-state index in [4.69, 9.17) is 16.2 Å². The molecule has 0 unspecified atom stereocenters. The molecule has 492 valence electrons. The number of carbonyl (C=O) groups excluding carboxylic acids is 13. The summed E-state index contributed by atoms with van der Waals surface area (Å²) in [6, 6.07) is -12.9. The minimum absolute atomic E-state index is 0.0502. The molecule has 0 aromatic rings. The van der Waals surface area contributed by atoms with Crippen molar-refractivity contribution >= 4 is 76.7 Å². The first-order chi connectivity index (χ1) is 40.9. The Hall–Kier alpha value is -7.11. The summed E-state index contributed by atoms with van der Waals surface area (Å²) in [7, 11) is 2.37. The van der Waals surface area contributed by atoms with Gasteiger partial charge >= 0.3 is 0 Å². The molecule has 87 heavy (non-hydrogen) atoms. The zero-order valence-corrected chi connectivity index (χ0v) is 52.2. The Kier molecular flexibility index (Phi) is 33.4. The predicted octanol–water partition coefficient (Wildman–Crippen LogP) is -2.28. The predicted molar refractivity (Wildman–Crippen MR) is 316 cm³/mol. The Balaban J connectivity index is 2.73. The number of nitrogens with two attached hydrogens (primary N) is 2. The van der Waals surface area contributed by atoms with Crippen LogP contribution >= 0.6 is 0 Å². The van der Waals surface area contributed by atoms with Gasteiger partial charge in [-0.1, -0.05) is 78.7 Å². The third-order valence-electron chi connectivity index (χ3n) is 15.6. The maximum atomic E-state index is 14.7. The lowest BCUT2D eigenvalue weighted by atomic mass is 9.90. The summed E-state index contributed by atoms with van der Waals surface area (Å²) in [4.78, 5) is 179. The van der Waals surface area contributed by atoms with E-state index in [1.54, 1.807) is 20.8 Å². The van der Waals surface area contributed by atoms with Gasteiger partial charge in [-0.05, 0) is 78.1 Å². The van der Waals surface area contributed by atoms with Gasteiger partial charge in [0.2, 0.25) is 59.1 Å². The molecule has 12 amide bonds. The number of Topliss-reactive ketones (excluding diaryl/α,β-unsaturated/α-hetero) is 1. The first-order valence-corrected chi connectivity index (χ1v) is 30.2. The van der Waals surface area contributed by atoms with E-state index in [-0.39, 0.29) is 25.2 Å². The normalized spacial score (nSPS) is 26.1. The summed E-state index contributed by atoms with van der Waals surface area (Å²) < 4.78 is 5.41. The summed E-state index contributed by atoms with van der Waals surface area (Å²) in [5, 5.41) is 52.6. The van der Waals surface area contributed by atoms with Crippen molar-refractivity contribution < 1.29 is 82.4 Å². The summed E-state index contributed by atoms with van der Waals surface area (Å²) in [6.45, 7) is 10.9. The van der Waals surface area contributed by atoms with Gasteiger partial charge in [0, 0.05) is 40.0 Å². The second-order valence-electron chi connectivity index (χ2n) is 23.0. The van der Waals surface area contributed by atoms with Crippen molar-refractivity contribution in [1.82, 2.24) is 52.3 Å². The molecule has 29 nitrogen and oxygen atoms in total. The minimum atomic E-state index is -2.04. The number of rotatable bonds is 24. The number of ketones is 1. The van der Waals surface area contributed by atoms with Crippen LogP contribution in [0.1, 0.15) is 165 Å². The molecule has 13 atom stereocenters. The zero-order chi connectivity index (χ0) is 65.8. The lowest BCUT2D eigenvalue weighted by molar-refractivity contribution is -0.151. The van der Waals surface area contributed by atoms with E-state index in [1.807, 2.05) is 6.92 Å². The Morgan fingerprint density at radius 2 is 1.24 bits per heavy atom. The van der Waals surface area contributed by atoms with Crippen molar-refractivity contribution in [3.63, 3.8) is 0 Å². The number of amides is 12. The van der Waals surface area contributed by atoms with E-state index < -0.39 is 187 Å². The van der Waals surface area contributed by atoms with Gasteiger partial charge in [0.05, 0.1) is 37.3 Å². The largest absolute Gasteiger partial charge is 0.391 e. The average molecular weight is 1240 g/mol. The van der Waals surface area contributed by atoms with Gasteiger partial charge in [0.15, 0.2) is 6.10 Å². The van der Waals surface area contributed by atoms with Crippen LogP contribution in [0.4, 0.5) is 0 Å². The third-order valence-corrected chi connectivity index (χ3v) is 15.6. The Morgan fingerprint density at radius 3 is 1.80 bits per heavy atom. The Morgan fingerprint density at radius 1 is 0.667 bits per heavy atom. The third kappa shape index (κ3) is 24.9. The number of carbonyl (C=O) groups is 13. The number of unbranched alkanes of at least 4 members (excludes halogenated alkanes) is 7. The molecule has 2 rings (SSSR count). The SMILES string of the molecule is C/C=C1/NC(=O)[C@H](C(C)C)NC(=O)[C@H](O)[C@@H]([C@@H](C)CCCCCCCCCC(=O)CCCC)NC(=O)[C@@H]2CCCN2C(=O)[C@H](CC(N)=O)N(C)C(=O)[C@H]([C@@H](C)OC)NC(=O)CNC(=O)[C@H](CCC(N)=O)NC(=O)[C@H]([C@@H](C)O)NC(=O)[C@H]([C@@H](C)O)NC1=O. The van der Waals surface area contributed by atoms with Crippen LogP contribution in [0.5, 0.6) is 0 Å². The highest BCUT2D eigenvalue weighted by molar-refractivity contribution is 6.03. The number of nitrogens with one attached hydrogen (secondary N) is 8. The molecule has 0 bridgehead atoms. The van der Waals surface area contributed by atoms with Crippen LogP contribution in [0.25, 0.3) is 0 Å². The first-order valence-electron chi connectivity index (χ1n) is 30.2. The summed E-state index contributed by atoms with van der Waals surface area (Å²) in [5.41, 5.74) is 10.5. The fraction of sp³-hybridized carbons (Fsp3) is 0.741. The van der Waals surface area contributed by atoms with Crippen molar-refractivity contribution in [2.45, 2.75) is 237 Å². The molecule has 0 spiro atoms. The number of primary amides is 2. The van der Waals surface area contributed by atoms with Gasteiger partial charge in [0.1, 0.15) is 53.8 Å². The molecule has 0 saturated carbocycles. The van der Waals surface area contributed by atoms with Crippen LogP contribution in [0.3, 0.4) is 0 Å². The smallest absolute Gasteiger partial charge is 0.268 e. The molecular formula is C58H98N12O17. The van der Waals surface area contributed by atoms with Crippen LogP contribution < -0.4 is 54.0 Å². The molecule has 29 heteroatoms. The number of methoxy groups -OCH3 is 1. The minimum Gasteiger partial charge on any atom is -0.391 e. The highest BCUT2D eigenvalue weighted by atomic mass is 16.5. The molecule has 2 fully saturated rings. The summed E-state index contributed by atoms with van der Waals surface area (Å²) in [6.07, 6.45) is 2.26. The van der Waals surface area contributed by atoms with Crippen molar-refractivity contribution in [3.05, 3.63) is 11.8 Å². The summed E-state index contributed by atoms with van der Waals surface area (Å²) in [5.74, 6) is -13.5. The molecule has 2 aliphatic heterocycles. The Labute approximate surface area is 509 Å². The molecule has 0 aromatic heterocycles. The van der Waals surface area contributed by atoms with E-state index in [2.05, 4.69) is 42.5 Å². The standard InChI is InChI=1S/C58H98N12O17/c1-11-13-23-36(73)24-20-18-16-14-15-17-19-22-32(5)45-49(77)56(84)65-44(31(3)4)53(81)62-37(12-2)51(79)67-47(34(7)72)55(83)68-46(33(6)71)54(82)63-38(26-27-41(59)74)50(78)61-30-43(76)64-48(35(8)87-10)58(86)69(9)40(29-42(60)75)57(85)70-28-21-25-39(70)52(80)66-45/h12,31-35,38-40,44-49,71-72,77H,11,13-30H2,1-10H3,(H2,59,74)(H2,60,75)(H,61,78)(H,62,81)(H,63,82)(H,64,76)(H,65,84)(H,66,80)(H,67,79)(H,68,83)/b37-12+/t32-,33+,34+,35+,38-,39-,40-,44-,45+,46-,47-,48-,49+/m0/s1. The zero-order valence-electron chi connectivity index (χ0n) is 52.2. The van der Waals surface area contributed by atoms with E-state index in [0.717, 1.165) is 88.1 Å². The monoisotopic (exact) mass is 1230 g/mol. The second-order valence-corrected chi connectivity index (χ2v) is 23.0. The maximum absolute atomic E-state index is 14.7. The lowest BCUT2D eigenvalue weighted by Crippen LogP contribution is -2.62. The fourth-order valence-electron chi connectivity index (χ4n) is 10.1. The van der Waals surface area contributed by atoms with Crippen molar-refractivity contribution in [1.29, 1.82) is 0 Å². The van der Waals surface area contributed by atoms with E-state index >= 15 is 0 Å². The van der Waals surface area contributed by atoms with Gasteiger partial charge in [-0.25, -0.2) is 0 Å². The van der Waals surface area contributed by atoms with Crippen LogP contribution in [-0.4, -0.2) is 202 Å². The van der Waals surface area contributed by atoms with Crippen molar-refractivity contribution in [2.75, 3.05) is 27.2 Å². The maximum Gasteiger partial charge on any atom is 0.268 e. The van der Waals surface area contributed by atoms with Crippen LogP contribution in [0.15, 0.2) is 11.8 Å². The molecule has 15 N–H and O–H groups in total. The Bertz CT molecular complexity index is 2420. The van der Waals surface area contributed by atoms with Gasteiger partial charge in [-0.2, -0.15) is 0 Å². The number of likely N-dealkylation sites (N-methyl/N-ethyl adjacent to an activating group) is 1. The number of nitrogens with zero attached hydrogens (tertiary/aromatic N) is 2. The van der Waals surface area contributed by atoms with Crippen molar-refractivity contribution in [2.24, 2.45) is 23.3 Å². The van der Waals surface area contributed by atoms with Crippen molar-refractivity contribution in [3.8, 4) is 0 Å². The van der Waals surface area contributed by atoms with Gasteiger partial charge < -0.3 is 83.9 Å². The molecule has 0 radical (unpaired) electrons. The van der Waals surface area contributed by atoms with E-state index in [0.29, 0.717) is 25.7 Å². The molecular weight excluding hydrogens is 1140 g/mol. The molecule has 2 saturated heterocycles. The molecule has 0 aromatic carbocycles. The summed E-state index contributed by atoms with van der Waals surface area (Å²) >= 11 is 0. The number of allylic oxidation sites excluding steroid dienone is 1. The highest BCUT2D eigenvalue weighted by Gasteiger charge is 2.44. The fourth-order valence-corrected chi connectivity index (χ4v) is 10.1. The van der Waals surface area contributed by atoms with Gasteiger partial charge in [-0.15, -0.1) is 0 Å². The lowest BCUT2D eigenvalue weighted by Gasteiger charge is -2.36. The number of ether oxygens (including phenoxy) is 1. The van der Waals surface area contributed by atoms with Crippen LogP contribution in [-0.2, 0) is 67.1 Å². The topological polar surface area (TPSA) is 447 Å². The molecule has 2 aliphatic rings. The van der Waals surface area contributed by atoms with Gasteiger partial charge in [-0.3, -0.25) is 62.3 Å². The van der Waals surface area contributed by atoms with E-state index in [9.17, 15) is 77.6 Å². The highest BCUT2D eigenvalue weighted by Crippen LogP contribution is 2.25. The van der Waals surface area contributed by atoms with Crippen LogP contribution in [0, 0.1) is 11.8 Å². The average Bonchev–Trinajstić information content (AvgIpc) is 2.29. The number of fused-ring (bicyclic) bond motifs is 1. The number of aliphatic hydroxyl groups excluding tert-OH is 3. The molecule has 2 heterocycles. The van der Waals surface area contributed by atoms with Gasteiger partial charge in [0.25, 0.3) is 11.8 Å². The second kappa shape index (κ2) is 38.2. The number of hydrogen-bond donors (Lipinski definition) is 13. The molecule has 0 aliphatic carbocycles. The number of hydrogen-bond acceptors (Lipinski definition) is 17. The quantitative estimate of drug-likeness (QED) is 0.0358. The van der Waals surface area contributed by atoms with Crippen LogP contribution in [0.2, 0.25) is 0 Å².